The van der Waals surface area contributed by atoms with Crippen molar-refractivity contribution in [2.24, 2.45) is 23.5 Å². The van der Waals surface area contributed by atoms with Crippen molar-refractivity contribution in [1.82, 2.24) is 5.32 Å². The summed E-state index contributed by atoms with van der Waals surface area (Å²) in [5, 5.41) is 35.8. The number of aliphatic hydroxyl groups excluding tert-OH is 2. The second-order valence-electron chi connectivity index (χ2n) is 11.2. The van der Waals surface area contributed by atoms with Crippen LogP contribution in [0, 0.1) is 17.8 Å². The average molecular weight is 533 g/mol. The van der Waals surface area contributed by atoms with Crippen molar-refractivity contribution in [3.05, 3.63) is 63.8 Å². The van der Waals surface area contributed by atoms with Crippen LogP contribution in [0.4, 0.5) is 0 Å². The van der Waals surface area contributed by atoms with Crippen LogP contribution in [0.1, 0.15) is 66.6 Å². The number of primary amides is 1. The molecule has 1 saturated carbocycles. The zero-order valence-electron chi connectivity index (χ0n) is 21.5. The van der Waals surface area contributed by atoms with E-state index in [9.17, 15) is 29.7 Å². The van der Waals surface area contributed by atoms with Crippen molar-refractivity contribution in [1.29, 1.82) is 0 Å². The van der Waals surface area contributed by atoms with E-state index in [1.807, 2.05) is 12.1 Å². The molecule has 3 unspecified atom stereocenters. The van der Waals surface area contributed by atoms with Gasteiger partial charge in [0.1, 0.15) is 34.4 Å². The van der Waals surface area contributed by atoms with E-state index in [0.29, 0.717) is 42.3 Å². The third kappa shape index (κ3) is 4.25. The molecule has 1 heterocycles. The molecule has 0 bridgehead atoms. The predicted molar refractivity (Wildman–Crippen MR) is 141 cm³/mol. The van der Waals surface area contributed by atoms with Gasteiger partial charge in [-0.2, -0.15) is 0 Å². The van der Waals surface area contributed by atoms with E-state index in [0.717, 1.165) is 18.6 Å². The van der Waals surface area contributed by atoms with Crippen molar-refractivity contribution in [3.8, 4) is 17.1 Å². The van der Waals surface area contributed by atoms with Crippen LogP contribution in [0.3, 0.4) is 0 Å². The lowest BCUT2D eigenvalue weighted by molar-refractivity contribution is -0.126. The Morgan fingerprint density at radius 1 is 1.03 bits per heavy atom. The number of ketones is 2. The van der Waals surface area contributed by atoms with Gasteiger partial charge < -0.3 is 30.8 Å². The smallest absolute Gasteiger partial charge is 0.255 e. The summed E-state index contributed by atoms with van der Waals surface area (Å²) in [6.07, 6.45) is 6.78. The Labute approximate surface area is 225 Å². The van der Waals surface area contributed by atoms with E-state index in [4.69, 9.17) is 10.2 Å². The highest BCUT2D eigenvalue weighted by Crippen LogP contribution is 2.50. The summed E-state index contributed by atoms with van der Waals surface area (Å²) in [7, 11) is 0. The second kappa shape index (κ2) is 9.72. The molecule has 1 aromatic carbocycles. The number of allylic oxidation sites excluding steroid dienone is 3. The molecule has 6 N–H and O–H groups in total. The molecule has 0 saturated heterocycles. The van der Waals surface area contributed by atoms with Crippen LogP contribution >= 0.6 is 0 Å². The molecule has 1 fully saturated rings. The molecule has 2 aromatic rings. The van der Waals surface area contributed by atoms with Crippen LogP contribution in [0.25, 0.3) is 11.3 Å². The van der Waals surface area contributed by atoms with Gasteiger partial charge in [0.25, 0.3) is 5.91 Å². The van der Waals surface area contributed by atoms with Crippen LogP contribution < -0.4 is 11.1 Å². The van der Waals surface area contributed by atoms with E-state index in [1.54, 1.807) is 6.07 Å². The first kappa shape index (κ1) is 25.4. The normalized spacial score (nSPS) is 25.4. The molecule has 9 nitrogen and oxygen atoms in total. The third-order valence-electron chi connectivity index (χ3n) is 8.87. The number of rotatable bonds is 5. The predicted octanol–water partition coefficient (Wildman–Crippen LogP) is 4.15. The fourth-order valence-corrected chi connectivity index (χ4v) is 7.04. The summed E-state index contributed by atoms with van der Waals surface area (Å²) in [5.41, 5.74) is 6.25. The average Bonchev–Trinajstić information content (AvgIpc) is 3.36. The minimum atomic E-state index is -1.13. The number of aromatic hydroxyl groups is 1. The SMILES string of the molecule is NC(=O)C1=C(O)CC2CC3Cc4c(-c5ccc(CNC6CCCCC6)o5)ccc(O)c4C(=O)C3=C(O)C2C1=O. The minimum absolute atomic E-state index is 0.00595. The maximum absolute atomic E-state index is 13.7. The molecule has 0 radical (unpaired) electrons. The van der Waals surface area contributed by atoms with Crippen molar-refractivity contribution in [2.75, 3.05) is 0 Å². The highest BCUT2D eigenvalue weighted by molar-refractivity contribution is 6.22. The molecule has 1 amide bonds. The number of hydrogen-bond donors (Lipinski definition) is 5. The van der Waals surface area contributed by atoms with E-state index in [-0.39, 0.29) is 29.1 Å². The fourth-order valence-electron chi connectivity index (χ4n) is 7.04. The molecule has 204 valence electrons. The number of aliphatic hydroxyl groups is 2. The van der Waals surface area contributed by atoms with Gasteiger partial charge in [0.05, 0.1) is 18.0 Å². The standard InChI is InChI=1S/C30H32N2O7/c31-30(38)26-21(34)12-15-10-14-11-19-18(22-9-6-17(39-22)13-32-16-4-2-1-3-5-16)7-8-20(33)25(19)28(36)23(14)27(35)24(15)29(26)37/h6-9,14-16,24,32-35H,1-5,10-13H2,(H2,31,38). The number of benzene rings is 1. The van der Waals surface area contributed by atoms with Crippen molar-refractivity contribution >= 4 is 17.5 Å². The van der Waals surface area contributed by atoms with Gasteiger partial charge >= 0.3 is 0 Å². The number of hydrogen-bond acceptors (Lipinski definition) is 8. The topological polar surface area (TPSA) is 163 Å². The number of carbonyl (C=O) groups excluding carboxylic acids is 3. The molecular weight excluding hydrogens is 500 g/mol. The van der Waals surface area contributed by atoms with Gasteiger partial charge in [-0.05, 0) is 67.3 Å². The van der Waals surface area contributed by atoms with E-state index < -0.39 is 46.6 Å². The summed E-state index contributed by atoms with van der Waals surface area (Å²) < 4.78 is 6.16. The Morgan fingerprint density at radius 3 is 2.54 bits per heavy atom. The maximum Gasteiger partial charge on any atom is 0.255 e. The van der Waals surface area contributed by atoms with Gasteiger partial charge in [0.2, 0.25) is 0 Å². The first-order chi connectivity index (χ1) is 18.7. The fraction of sp³-hybridized carbons (Fsp3) is 0.433. The second-order valence-corrected chi connectivity index (χ2v) is 11.2. The Hall–Kier alpha value is -3.85. The first-order valence-electron chi connectivity index (χ1n) is 13.7. The molecule has 9 heteroatoms. The first-order valence-corrected chi connectivity index (χ1v) is 13.7. The number of furan rings is 1. The number of phenols is 1. The molecular formula is C30H32N2O7. The van der Waals surface area contributed by atoms with Crippen LogP contribution in [0.2, 0.25) is 0 Å². The molecule has 39 heavy (non-hydrogen) atoms. The Kier molecular flexibility index (Phi) is 6.33. The number of fused-ring (bicyclic) bond motifs is 3. The third-order valence-corrected chi connectivity index (χ3v) is 8.87. The lowest BCUT2D eigenvalue weighted by atomic mass is 9.62. The van der Waals surface area contributed by atoms with Crippen molar-refractivity contribution in [3.63, 3.8) is 0 Å². The van der Waals surface area contributed by atoms with Gasteiger partial charge in [-0.1, -0.05) is 19.3 Å². The van der Waals surface area contributed by atoms with E-state index in [2.05, 4.69) is 5.32 Å². The minimum Gasteiger partial charge on any atom is -0.511 e. The highest BCUT2D eigenvalue weighted by atomic mass is 16.3. The zero-order chi connectivity index (χ0) is 27.4. The largest absolute Gasteiger partial charge is 0.511 e. The van der Waals surface area contributed by atoms with E-state index >= 15 is 0 Å². The van der Waals surface area contributed by atoms with Gasteiger partial charge in [-0.25, -0.2) is 0 Å². The number of carbonyl (C=O) groups is 3. The number of phenolic OH excluding ortho intramolecular Hbond substituents is 1. The molecule has 6 rings (SSSR count). The summed E-state index contributed by atoms with van der Waals surface area (Å²) in [5.74, 6) is -4.05. The molecule has 4 aliphatic rings. The molecule has 0 spiro atoms. The zero-order valence-corrected chi connectivity index (χ0v) is 21.5. The van der Waals surface area contributed by atoms with E-state index in [1.165, 1.54) is 25.3 Å². The monoisotopic (exact) mass is 532 g/mol. The van der Waals surface area contributed by atoms with Crippen LogP contribution in [-0.4, -0.2) is 38.8 Å². The van der Waals surface area contributed by atoms with Gasteiger partial charge in [-0.3, -0.25) is 14.4 Å². The van der Waals surface area contributed by atoms with Crippen LogP contribution in [0.5, 0.6) is 5.75 Å². The Bertz CT molecular complexity index is 1440. The lowest BCUT2D eigenvalue weighted by Crippen LogP contribution is -2.43. The maximum atomic E-state index is 13.7. The molecule has 4 aliphatic carbocycles. The quantitative estimate of drug-likeness (QED) is 0.359. The number of nitrogens with one attached hydrogen (secondary N) is 1. The Balaban J connectivity index is 1.32. The lowest BCUT2D eigenvalue weighted by Gasteiger charge is -2.41. The summed E-state index contributed by atoms with van der Waals surface area (Å²) in [4.78, 5) is 38.5. The number of amides is 1. The van der Waals surface area contributed by atoms with Crippen LogP contribution in [0.15, 0.2) is 51.3 Å². The highest BCUT2D eigenvalue weighted by Gasteiger charge is 2.50. The van der Waals surface area contributed by atoms with Crippen LogP contribution in [-0.2, 0) is 22.6 Å². The van der Waals surface area contributed by atoms with Crippen molar-refractivity contribution < 1.29 is 34.1 Å². The summed E-state index contributed by atoms with van der Waals surface area (Å²) in [6, 6.07) is 7.44. The van der Waals surface area contributed by atoms with Gasteiger partial charge in [0.15, 0.2) is 11.6 Å². The van der Waals surface area contributed by atoms with Gasteiger partial charge in [0, 0.05) is 23.6 Å². The molecule has 0 aliphatic heterocycles. The summed E-state index contributed by atoms with van der Waals surface area (Å²) >= 11 is 0. The Morgan fingerprint density at radius 2 is 1.79 bits per heavy atom. The van der Waals surface area contributed by atoms with Crippen molar-refractivity contribution in [2.45, 2.75) is 64.0 Å². The molecule has 1 aromatic heterocycles. The number of Topliss-reactive ketones (excluding diaryl/α,β-unsaturated/α-hetero) is 2. The molecule has 3 atom stereocenters. The summed E-state index contributed by atoms with van der Waals surface area (Å²) in [6.45, 7) is 0.606. The van der Waals surface area contributed by atoms with Gasteiger partial charge in [-0.15, -0.1) is 0 Å². The number of nitrogens with two attached hydrogens (primary N) is 1.